The number of nitrogens with zero attached hydrogens (tertiary/aromatic N) is 2. The van der Waals surface area contributed by atoms with Crippen LogP contribution in [-0.4, -0.2) is 83.6 Å². The fraction of sp³-hybridized carbons (Fsp3) is 0.655. The zero-order chi connectivity index (χ0) is 29.4. The van der Waals surface area contributed by atoms with E-state index in [9.17, 15) is 9.59 Å². The Hall–Kier alpha value is -3.02. The molecule has 0 spiro atoms. The van der Waals surface area contributed by atoms with Crippen LogP contribution in [0.5, 0.6) is 0 Å². The van der Waals surface area contributed by atoms with Crippen LogP contribution in [0, 0.1) is 5.92 Å². The number of benzene rings is 1. The van der Waals surface area contributed by atoms with Crippen molar-refractivity contribution in [2.75, 3.05) is 53.8 Å². The summed E-state index contributed by atoms with van der Waals surface area (Å²) < 4.78 is 15.9. The lowest BCUT2D eigenvalue weighted by Crippen LogP contribution is -2.25. The number of primary amides is 1. The molecule has 0 radical (unpaired) electrons. The SMILES string of the molecule is COCC(COCCCC/C=N/OCCCO/N=C(/C)c1ccc(C(=O)NCCCC[C@H](C)C(N)=O)cc1)OC. The molecule has 0 heterocycles. The van der Waals surface area contributed by atoms with Crippen LogP contribution in [0.1, 0.15) is 74.7 Å². The largest absolute Gasteiger partial charge is 0.396 e. The number of unbranched alkanes of at least 4 members (excludes halogenated alkanes) is 3. The van der Waals surface area contributed by atoms with E-state index in [0.717, 1.165) is 49.8 Å². The highest BCUT2D eigenvalue weighted by atomic mass is 16.6. The maximum absolute atomic E-state index is 12.3. The van der Waals surface area contributed by atoms with Crippen LogP contribution in [0.4, 0.5) is 0 Å². The predicted molar refractivity (Wildman–Crippen MR) is 156 cm³/mol. The molecule has 0 aromatic heterocycles. The van der Waals surface area contributed by atoms with Gasteiger partial charge in [-0.3, -0.25) is 9.59 Å². The van der Waals surface area contributed by atoms with E-state index >= 15 is 0 Å². The van der Waals surface area contributed by atoms with E-state index in [-0.39, 0.29) is 23.8 Å². The molecule has 2 amide bonds. The average molecular weight is 565 g/mol. The van der Waals surface area contributed by atoms with Gasteiger partial charge in [0.05, 0.1) is 18.9 Å². The molecule has 3 N–H and O–H groups in total. The Morgan fingerprint density at radius 1 is 0.950 bits per heavy atom. The lowest BCUT2D eigenvalue weighted by molar-refractivity contribution is -0.121. The first kappa shape index (κ1) is 35.0. The first-order valence-electron chi connectivity index (χ1n) is 14.0. The normalized spacial score (nSPS) is 13.2. The average Bonchev–Trinajstić information content (AvgIpc) is 2.96. The Balaban J connectivity index is 2.11. The summed E-state index contributed by atoms with van der Waals surface area (Å²) in [5.74, 6) is -0.561. The molecule has 0 aliphatic rings. The van der Waals surface area contributed by atoms with Crippen molar-refractivity contribution in [1.29, 1.82) is 0 Å². The monoisotopic (exact) mass is 564 g/mol. The number of hydrogen-bond acceptors (Lipinski definition) is 9. The maximum Gasteiger partial charge on any atom is 0.251 e. The van der Waals surface area contributed by atoms with Gasteiger partial charge in [-0.05, 0) is 56.7 Å². The molecular formula is C29H48N4O7. The topological polar surface area (TPSA) is 143 Å². The minimum atomic E-state index is -0.288. The standard InChI is InChI=1S/C29H48N4O7/c1-23(28(30)34)11-6-8-16-31-29(35)26-14-12-25(13-15-26)24(2)33-40-20-10-19-39-32-17-7-5-9-18-38-22-27(37-4)21-36-3/h12-15,17,23,27H,5-11,16,18-22H2,1-4H3,(H2,30,34)(H,31,35)/b32-17+,33-24-/t23-,27?/m0/s1. The van der Waals surface area contributed by atoms with E-state index in [2.05, 4.69) is 15.6 Å². The Morgan fingerprint density at radius 2 is 1.68 bits per heavy atom. The number of amides is 2. The van der Waals surface area contributed by atoms with Gasteiger partial charge < -0.3 is 34.9 Å². The van der Waals surface area contributed by atoms with E-state index in [4.69, 9.17) is 29.6 Å². The van der Waals surface area contributed by atoms with Gasteiger partial charge in [-0.15, -0.1) is 0 Å². The second kappa shape index (κ2) is 22.8. The molecule has 0 aliphatic carbocycles. The third-order valence-corrected chi connectivity index (χ3v) is 6.08. The lowest BCUT2D eigenvalue weighted by Gasteiger charge is -2.14. The van der Waals surface area contributed by atoms with Crippen molar-refractivity contribution in [2.24, 2.45) is 22.0 Å². The number of ether oxygens (including phenoxy) is 3. The van der Waals surface area contributed by atoms with Crippen LogP contribution in [-0.2, 0) is 28.7 Å². The van der Waals surface area contributed by atoms with Crippen molar-refractivity contribution in [3.8, 4) is 0 Å². The fourth-order valence-electron chi connectivity index (χ4n) is 3.45. The van der Waals surface area contributed by atoms with Crippen LogP contribution >= 0.6 is 0 Å². The maximum atomic E-state index is 12.3. The number of carbonyl (C=O) groups is 2. The number of oxime groups is 2. The van der Waals surface area contributed by atoms with Crippen molar-refractivity contribution in [1.82, 2.24) is 5.32 Å². The van der Waals surface area contributed by atoms with Crippen LogP contribution in [0.15, 0.2) is 34.6 Å². The van der Waals surface area contributed by atoms with E-state index < -0.39 is 0 Å². The van der Waals surface area contributed by atoms with E-state index in [0.29, 0.717) is 51.6 Å². The molecule has 226 valence electrons. The summed E-state index contributed by atoms with van der Waals surface area (Å²) >= 11 is 0. The molecule has 1 aromatic rings. The molecule has 0 aliphatic heterocycles. The molecule has 40 heavy (non-hydrogen) atoms. The lowest BCUT2D eigenvalue weighted by atomic mass is 10.0. The predicted octanol–water partition coefficient (Wildman–Crippen LogP) is 3.69. The van der Waals surface area contributed by atoms with Crippen LogP contribution in [0.2, 0.25) is 0 Å². The first-order valence-corrected chi connectivity index (χ1v) is 14.0. The Morgan fingerprint density at radius 3 is 2.38 bits per heavy atom. The summed E-state index contributed by atoms with van der Waals surface area (Å²) in [5.41, 5.74) is 7.42. The molecule has 11 heteroatoms. The molecule has 0 saturated carbocycles. The summed E-state index contributed by atoms with van der Waals surface area (Å²) in [5, 5.41) is 11.0. The smallest absolute Gasteiger partial charge is 0.251 e. The van der Waals surface area contributed by atoms with Crippen molar-refractivity contribution in [2.45, 2.75) is 64.9 Å². The summed E-state index contributed by atoms with van der Waals surface area (Å²) in [6.07, 6.45) is 7.49. The highest BCUT2D eigenvalue weighted by molar-refractivity contribution is 6.00. The Bertz CT molecular complexity index is 878. The molecule has 0 bridgehead atoms. The zero-order valence-corrected chi connectivity index (χ0v) is 24.6. The molecule has 11 nitrogen and oxygen atoms in total. The summed E-state index contributed by atoms with van der Waals surface area (Å²) in [6.45, 7) is 6.81. The second-order valence-corrected chi connectivity index (χ2v) is 9.50. The Kier molecular flexibility index (Phi) is 19.9. The van der Waals surface area contributed by atoms with Gasteiger partial charge in [0.25, 0.3) is 5.91 Å². The highest BCUT2D eigenvalue weighted by Crippen LogP contribution is 2.08. The van der Waals surface area contributed by atoms with Gasteiger partial charge >= 0.3 is 0 Å². The van der Waals surface area contributed by atoms with Gasteiger partial charge in [-0.25, -0.2) is 0 Å². The van der Waals surface area contributed by atoms with Crippen molar-refractivity contribution in [3.05, 3.63) is 35.4 Å². The third-order valence-electron chi connectivity index (χ3n) is 6.08. The highest BCUT2D eigenvalue weighted by Gasteiger charge is 2.09. The van der Waals surface area contributed by atoms with Crippen LogP contribution in [0.3, 0.4) is 0 Å². The number of hydrogen-bond donors (Lipinski definition) is 2. The number of nitrogens with one attached hydrogen (secondary N) is 1. The molecule has 2 atom stereocenters. The Labute approximate surface area is 238 Å². The number of rotatable bonds is 24. The quantitative estimate of drug-likeness (QED) is 0.111. The second-order valence-electron chi connectivity index (χ2n) is 9.50. The summed E-state index contributed by atoms with van der Waals surface area (Å²) in [6, 6.07) is 7.20. The van der Waals surface area contributed by atoms with Gasteiger partial charge in [0.15, 0.2) is 0 Å². The number of carbonyl (C=O) groups excluding carboxylic acids is 2. The van der Waals surface area contributed by atoms with Crippen molar-refractivity contribution in [3.63, 3.8) is 0 Å². The van der Waals surface area contributed by atoms with Gasteiger partial charge in [-0.2, -0.15) is 0 Å². The van der Waals surface area contributed by atoms with E-state index in [1.807, 2.05) is 26.0 Å². The summed E-state index contributed by atoms with van der Waals surface area (Å²) in [7, 11) is 3.29. The van der Waals surface area contributed by atoms with E-state index in [1.54, 1.807) is 32.6 Å². The molecular weight excluding hydrogens is 516 g/mol. The van der Waals surface area contributed by atoms with Crippen LogP contribution < -0.4 is 11.1 Å². The molecule has 1 rings (SSSR count). The molecule has 1 aromatic carbocycles. The summed E-state index contributed by atoms with van der Waals surface area (Å²) in [4.78, 5) is 34.0. The van der Waals surface area contributed by atoms with Crippen LogP contribution in [0.25, 0.3) is 0 Å². The third kappa shape index (κ3) is 16.8. The minimum absolute atomic E-state index is 0.0292. The van der Waals surface area contributed by atoms with Crippen molar-refractivity contribution < 1.29 is 33.5 Å². The van der Waals surface area contributed by atoms with Crippen molar-refractivity contribution >= 4 is 23.7 Å². The minimum Gasteiger partial charge on any atom is -0.396 e. The number of methoxy groups -OCH3 is 2. The number of nitrogens with two attached hydrogens (primary N) is 1. The van der Waals surface area contributed by atoms with E-state index in [1.165, 1.54) is 0 Å². The van der Waals surface area contributed by atoms with Gasteiger partial charge in [-0.1, -0.05) is 35.8 Å². The van der Waals surface area contributed by atoms with Gasteiger partial charge in [0.1, 0.15) is 19.3 Å². The molecule has 1 unspecified atom stereocenters. The van der Waals surface area contributed by atoms with Gasteiger partial charge in [0, 0.05) is 51.5 Å². The molecule has 0 fully saturated rings. The first-order chi connectivity index (χ1) is 19.4. The zero-order valence-electron chi connectivity index (χ0n) is 24.6. The van der Waals surface area contributed by atoms with Gasteiger partial charge in [0.2, 0.25) is 5.91 Å². The fourth-order valence-corrected chi connectivity index (χ4v) is 3.45. The molecule has 0 saturated heterocycles.